The molecule has 1 unspecified atom stereocenters. The summed E-state index contributed by atoms with van der Waals surface area (Å²) in [4.78, 5) is 7.29. The first-order valence-electron chi connectivity index (χ1n) is 10.3. The predicted molar refractivity (Wildman–Crippen MR) is 114 cm³/mol. The molecule has 5 nitrogen and oxygen atoms in total. The highest BCUT2D eigenvalue weighted by Gasteiger charge is 2.42. The molecule has 150 valence electrons. The smallest absolute Gasteiger partial charge is 0.191 e. The number of rotatable bonds is 9. The molecular weight excluding hydrogens is 360 g/mol. The Bertz CT molecular complexity index is 632. The van der Waals surface area contributed by atoms with Crippen LogP contribution >= 0.6 is 11.6 Å². The maximum absolute atomic E-state index is 6.14. The minimum atomic E-state index is 0.375. The number of hydrogen-bond acceptors (Lipinski definition) is 3. The first-order chi connectivity index (χ1) is 13.1. The molecule has 0 bridgehead atoms. The SMILES string of the molecule is CCNC(=NCC1(CCOCC)CC1)NC1CCN(c2cccc(Cl)c2)C1. The van der Waals surface area contributed by atoms with Gasteiger partial charge in [0.15, 0.2) is 5.96 Å². The largest absolute Gasteiger partial charge is 0.382 e. The third-order valence-corrected chi connectivity index (χ3v) is 5.79. The number of nitrogens with one attached hydrogen (secondary N) is 2. The van der Waals surface area contributed by atoms with Crippen molar-refractivity contribution in [3.05, 3.63) is 29.3 Å². The van der Waals surface area contributed by atoms with Gasteiger partial charge in [-0.25, -0.2) is 0 Å². The van der Waals surface area contributed by atoms with Crippen LogP contribution in [0.5, 0.6) is 0 Å². The molecule has 3 rings (SSSR count). The molecule has 2 fully saturated rings. The van der Waals surface area contributed by atoms with Crippen molar-refractivity contribution in [2.75, 3.05) is 44.3 Å². The molecule has 0 aromatic heterocycles. The Balaban J connectivity index is 1.52. The second-order valence-electron chi connectivity index (χ2n) is 7.70. The number of anilines is 1. The lowest BCUT2D eigenvalue weighted by Crippen LogP contribution is -2.45. The van der Waals surface area contributed by atoms with Crippen molar-refractivity contribution in [2.24, 2.45) is 10.4 Å². The summed E-state index contributed by atoms with van der Waals surface area (Å²) in [6.45, 7) is 9.60. The van der Waals surface area contributed by atoms with E-state index >= 15 is 0 Å². The van der Waals surface area contributed by atoms with E-state index < -0.39 is 0 Å². The summed E-state index contributed by atoms with van der Waals surface area (Å²) in [6, 6.07) is 8.51. The molecule has 0 radical (unpaired) electrons. The highest BCUT2D eigenvalue weighted by atomic mass is 35.5. The van der Waals surface area contributed by atoms with E-state index in [0.717, 1.165) is 63.2 Å². The van der Waals surface area contributed by atoms with Gasteiger partial charge >= 0.3 is 0 Å². The van der Waals surface area contributed by atoms with Crippen LogP contribution in [0.1, 0.15) is 39.5 Å². The Labute approximate surface area is 168 Å². The normalized spacial score (nSPS) is 21.4. The van der Waals surface area contributed by atoms with Crippen LogP contribution in [0.2, 0.25) is 5.02 Å². The van der Waals surface area contributed by atoms with Crippen molar-refractivity contribution in [1.29, 1.82) is 0 Å². The average Bonchev–Trinajstić information content (AvgIpc) is 3.27. The molecule has 0 amide bonds. The lowest BCUT2D eigenvalue weighted by atomic mass is 10.0. The van der Waals surface area contributed by atoms with Gasteiger partial charge in [-0.15, -0.1) is 0 Å². The fourth-order valence-corrected chi connectivity index (χ4v) is 3.83. The zero-order chi connectivity index (χ0) is 19.1. The van der Waals surface area contributed by atoms with Gasteiger partial charge in [-0.2, -0.15) is 0 Å². The van der Waals surface area contributed by atoms with Crippen molar-refractivity contribution < 1.29 is 4.74 Å². The fraction of sp³-hybridized carbons (Fsp3) is 0.667. The fourth-order valence-electron chi connectivity index (χ4n) is 3.64. The standard InChI is InChI=1S/C21H33ClN4O/c1-3-23-20(24-16-21(9-10-21)11-13-27-4-2)25-18-8-12-26(15-18)19-7-5-6-17(22)14-19/h5-7,14,18H,3-4,8-13,15-16H2,1-2H3,(H2,23,24,25). The number of benzene rings is 1. The molecule has 1 saturated heterocycles. The molecule has 1 aromatic carbocycles. The lowest BCUT2D eigenvalue weighted by Gasteiger charge is -2.21. The second-order valence-corrected chi connectivity index (χ2v) is 8.13. The maximum atomic E-state index is 6.14. The molecule has 2 N–H and O–H groups in total. The molecular formula is C21H33ClN4O. The summed E-state index contributed by atoms with van der Waals surface area (Å²) in [5, 5.41) is 7.83. The van der Waals surface area contributed by atoms with E-state index in [0.29, 0.717) is 11.5 Å². The molecule has 1 aliphatic heterocycles. The van der Waals surface area contributed by atoms with Gasteiger partial charge in [-0.3, -0.25) is 4.99 Å². The highest BCUT2D eigenvalue weighted by Crippen LogP contribution is 2.49. The van der Waals surface area contributed by atoms with Crippen LogP contribution in [0.3, 0.4) is 0 Å². The summed E-state index contributed by atoms with van der Waals surface area (Å²) in [6.07, 6.45) is 4.77. The van der Waals surface area contributed by atoms with Gasteiger partial charge in [-0.1, -0.05) is 17.7 Å². The minimum Gasteiger partial charge on any atom is -0.382 e. The maximum Gasteiger partial charge on any atom is 0.191 e. The summed E-state index contributed by atoms with van der Waals surface area (Å²) >= 11 is 6.14. The Morgan fingerprint density at radius 2 is 2.22 bits per heavy atom. The van der Waals surface area contributed by atoms with Crippen molar-refractivity contribution in [3.63, 3.8) is 0 Å². The summed E-state index contributed by atoms with van der Waals surface area (Å²) in [5.74, 6) is 0.943. The van der Waals surface area contributed by atoms with Gasteiger partial charge in [0.2, 0.25) is 0 Å². The van der Waals surface area contributed by atoms with Crippen LogP contribution in [-0.4, -0.2) is 51.4 Å². The van der Waals surface area contributed by atoms with Gasteiger partial charge in [0, 0.05) is 56.1 Å². The number of nitrogens with zero attached hydrogens (tertiary/aromatic N) is 2. The molecule has 27 heavy (non-hydrogen) atoms. The number of halogens is 1. The zero-order valence-corrected chi connectivity index (χ0v) is 17.4. The summed E-state index contributed by atoms with van der Waals surface area (Å²) < 4.78 is 5.54. The first kappa shape index (κ1) is 20.3. The first-order valence-corrected chi connectivity index (χ1v) is 10.6. The summed E-state index contributed by atoms with van der Waals surface area (Å²) in [5.41, 5.74) is 1.57. The monoisotopic (exact) mass is 392 g/mol. The molecule has 1 aromatic rings. The molecule has 6 heteroatoms. The van der Waals surface area contributed by atoms with Crippen molar-refractivity contribution in [2.45, 2.75) is 45.6 Å². The topological polar surface area (TPSA) is 48.9 Å². The van der Waals surface area contributed by atoms with Crippen LogP contribution < -0.4 is 15.5 Å². The Hall–Kier alpha value is -1.46. The van der Waals surface area contributed by atoms with Crippen molar-refractivity contribution in [1.82, 2.24) is 10.6 Å². The number of guanidine groups is 1. The van der Waals surface area contributed by atoms with E-state index in [9.17, 15) is 0 Å². The third kappa shape index (κ3) is 6.01. The quantitative estimate of drug-likeness (QED) is 0.382. The van der Waals surface area contributed by atoms with E-state index in [2.05, 4.69) is 35.4 Å². The van der Waals surface area contributed by atoms with Gasteiger partial charge in [0.25, 0.3) is 0 Å². The van der Waals surface area contributed by atoms with E-state index in [-0.39, 0.29) is 0 Å². The Morgan fingerprint density at radius 1 is 1.37 bits per heavy atom. The van der Waals surface area contributed by atoms with Crippen LogP contribution in [0.4, 0.5) is 5.69 Å². The summed E-state index contributed by atoms with van der Waals surface area (Å²) in [7, 11) is 0. The number of hydrogen-bond donors (Lipinski definition) is 2. The van der Waals surface area contributed by atoms with E-state index in [1.54, 1.807) is 0 Å². The van der Waals surface area contributed by atoms with Crippen molar-refractivity contribution >= 4 is 23.2 Å². The van der Waals surface area contributed by atoms with Crippen LogP contribution in [-0.2, 0) is 4.74 Å². The van der Waals surface area contributed by atoms with Gasteiger partial charge in [0.05, 0.1) is 0 Å². The minimum absolute atomic E-state index is 0.375. The molecule has 1 atom stereocenters. The lowest BCUT2D eigenvalue weighted by molar-refractivity contribution is 0.129. The van der Waals surface area contributed by atoms with Gasteiger partial charge < -0.3 is 20.3 Å². The van der Waals surface area contributed by atoms with Gasteiger partial charge in [0.1, 0.15) is 0 Å². The van der Waals surface area contributed by atoms with Crippen LogP contribution in [0.15, 0.2) is 29.3 Å². The van der Waals surface area contributed by atoms with E-state index in [1.165, 1.54) is 18.5 Å². The molecule has 1 aliphatic carbocycles. The Kier molecular flexibility index (Phi) is 7.25. The van der Waals surface area contributed by atoms with Crippen LogP contribution in [0.25, 0.3) is 0 Å². The van der Waals surface area contributed by atoms with Crippen LogP contribution in [0, 0.1) is 5.41 Å². The zero-order valence-electron chi connectivity index (χ0n) is 16.6. The number of ether oxygens (including phenoxy) is 1. The molecule has 0 spiro atoms. The third-order valence-electron chi connectivity index (χ3n) is 5.56. The van der Waals surface area contributed by atoms with E-state index in [4.69, 9.17) is 21.3 Å². The Morgan fingerprint density at radius 3 is 2.93 bits per heavy atom. The molecule has 1 heterocycles. The molecule has 1 saturated carbocycles. The van der Waals surface area contributed by atoms with Crippen molar-refractivity contribution in [3.8, 4) is 0 Å². The van der Waals surface area contributed by atoms with E-state index in [1.807, 2.05) is 18.2 Å². The predicted octanol–water partition coefficient (Wildman–Crippen LogP) is 3.68. The average molecular weight is 393 g/mol. The highest BCUT2D eigenvalue weighted by molar-refractivity contribution is 6.30. The second kappa shape index (κ2) is 9.65. The molecule has 2 aliphatic rings. The number of aliphatic imine (C=N–C) groups is 1. The van der Waals surface area contributed by atoms with Gasteiger partial charge in [-0.05, 0) is 63.1 Å².